The molecule has 0 aliphatic carbocycles. The molecule has 1 rings (SSSR count). The van der Waals surface area contributed by atoms with Gasteiger partial charge in [-0.1, -0.05) is 27.7 Å². The van der Waals surface area contributed by atoms with Gasteiger partial charge in [0.25, 0.3) is 0 Å². The van der Waals surface area contributed by atoms with Crippen molar-refractivity contribution in [2.45, 2.75) is 72.4 Å². The van der Waals surface area contributed by atoms with Crippen LogP contribution >= 0.6 is 0 Å². The molecular weight excluding hydrogens is 268 g/mol. The van der Waals surface area contributed by atoms with Crippen LogP contribution in [-0.4, -0.2) is 40.6 Å². The zero-order valence-electron chi connectivity index (χ0n) is 14.0. The maximum absolute atomic E-state index is 12.4. The zero-order valence-corrected chi connectivity index (χ0v) is 14.0. The van der Waals surface area contributed by atoms with Crippen LogP contribution in [0.2, 0.25) is 0 Å². The van der Waals surface area contributed by atoms with E-state index in [2.05, 4.69) is 39.9 Å². The van der Waals surface area contributed by atoms with Crippen LogP contribution in [-0.2, 0) is 4.79 Å². The molecule has 2 N–H and O–H groups in total. The summed E-state index contributed by atoms with van der Waals surface area (Å²) in [5.41, 5.74) is -0.0184. The highest BCUT2D eigenvalue weighted by Gasteiger charge is 2.29. The van der Waals surface area contributed by atoms with Crippen molar-refractivity contribution in [2.24, 2.45) is 11.3 Å². The first-order chi connectivity index (χ1) is 9.58. The van der Waals surface area contributed by atoms with Crippen molar-refractivity contribution < 1.29 is 14.7 Å². The number of hydrogen-bond donors (Lipinski definition) is 2. The van der Waals surface area contributed by atoms with Gasteiger partial charge in [0.1, 0.15) is 0 Å². The van der Waals surface area contributed by atoms with Crippen molar-refractivity contribution in [2.75, 3.05) is 6.54 Å². The number of amides is 2. The Balaban J connectivity index is 2.64. The van der Waals surface area contributed by atoms with Gasteiger partial charge in [0, 0.05) is 18.6 Å². The Morgan fingerprint density at radius 1 is 1.33 bits per heavy atom. The lowest BCUT2D eigenvalue weighted by atomic mass is 9.87. The fourth-order valence-electron chi connectivity index (χ4n) is 3.09. The maximum Gasteiger partial charge on any atom is 0.317 e. The first kappa shape index (κ1) is 17.8. The van der Waals surface area contributed by atoms with Gasteiger partial charge < -0.3 is 15.3 Å². The highest BCUT2D eigenvalue weighted by Crippen LogP contribution is 2.24. The van der Waals surface area contributed by atoms with Gasteiger partial charge in [-0.3, -0.25) is 4.79 Å². The molecule has 1 saturated heterocycles. The van der Waals surface area contributed by atoms with Crippen molar-refractivity contribution in [1.29, 1.82) is 0 Å². The number of carbonyl (C=O) groups excluding carboxylic acids is 1. The summed E-state index contributed by atoms with van der Waals surface area (Å²) in [5, 5.41) is 12.0. The number of carbonyl (C=O) groups is 2. The Labute approximate surface area is 128 Å². The molecule has 0 aromatic heterocycles. The summed E-state index contributed by atoms with van der Waals surface area (Å²) in [6.07, 6.45) is 2.65. The van der Waals surface area contributed by atoms with E-state index < -0.39 is 5.97 Å². The lowest BCUT2D eigenvalue weighted by Gasteiger charge is -2.37. The van der Waals surface area contributed by atoms with E-state index in [1.54, 1.807) is 0 Å². The molecule has 0 bridgehead atoms. The second-order valence-electron chi connectivity index (χ2n) is 7.68. The number of carboxylic acids is 1. The maximum atomic E-state index is 12.4. The molecule has 5 nitrogen and oxygen atoms in total. The van der Waals surface area contributed by atoms with Gasteiger partial charge >= 0.3 is 12.0 Å². The topological polar surface area (TPSA) is 69.6 Å². The van der Waals surface area contributed by atoms with Gasteiger partial charge in [-0.2, -0.15) is 0 Å². The third-order valence-electron chi connectivity index (χ3n) is 4.01. The monoisotopic (exact) mass is 298 g/mol. The lowest BCUT2D eigenvalue weighted by Crippen LogP contribution is -2.52. The average Bonchev–Trinajstić information content (AvgIpc) is 2.24. The summed E-state index contributed by atoms with van der Waals surface area (Å²) in [6.45, 7) is 11.2. The number of likely N-dealkylation sites (tertiary alicyclic amines) is 1. The molecule has 1 fully saturated rings. The summed E-state index contributed by atoms with van der Waals surface area (Å²) in [7, 11) is 0. The van der Waals surface area contributed by atoms with E-state index in [-0.39, 0.29) is 30.0 Å². The van der Waals surface area contributed by atoms with Crippen LogP contribution in [0.5, 0.6) is 0 Å². The Bertz CT molecular complexity index is 376. The van der Waals surface area contributed by atoms with Crippen LogP contribution in [0.15, 0.2) is 0 Å². The number of aliphatic carboxylic acids is 1. The van der Waals surface area contributed by atoms with Crippen molar-refractivity contribution in [3.8, 4) is 0 Å². The van der Waals surface area contributed by atoms with Gasteiger partial charge in [-0.05, 0) is 37.5 Å². The number of hydrogen-bond acceptors (Lipinski definition) is 2. The Hall–Kier alpha value is -1.26. The third-order valence-corrected chi connectivity index (χ3v) is 4.01. The van der Waals surface area contributed by atoms with Gasteiger partial charge in [0.2, 0.25) is 0 Å². The molecule has 0 saturated carbocycles. The number of carboxylic acid groups (broad SMARTS) is 1. The number of rotatable bonds is 4. The van der Waals surface area contributed by atoms with E-state index in [4.69, 9.17) is 5.11 Å². The van der Waals surface area contributed by atoms with E-state index >= 15 is 0 Å². The quantitative estimate of drug-likeness (QED) is 0.838. The normalized spacial score (nSPS) is 24.5. The fraction of sp³-hybridized carbons (Fsp3) is 0.875. The summed E-state index contributed by atoms with van der Waals surface area (Å²) >= 11 is 0. The number of nitrogens with zero attached hydrogens (tertiary/aromatic N) is 1. The zero-order chi connectivity index (χ0) is 16.2. The molecule has 5 heteroatoms. The van der Waals surface area contributed by atoms with Crippen molar-refractivity contribution >= 4 is 12.0 Å². The molecule has 0 radical (unpaired) electrons. The van der Waals surface area contributed by atoms with Crippen molar-refractivity contribution in [3.63, 3.8) is 0 Å². The van der Waals surface area contributed by atoms with Gasteiger partial charge in [-0.15, -0.1) is 0 Å². The van der Waals surface area contributed by atoms with Crippen LogP contribution in [0, 0.1) is 11.3 Å². The Morgan fingerprint density at radius 3 is 2.43 bits per heavy atom. The Kier molecular flexibility index (Phi) is 6.05. The number of urea groups is 1. The standard InChI is InChI=1S/C16H30N2O3/c1-11-6-7-18(12(2)8-11)15(21)17-13(9-14(19)20)10-16(3,4)5/h11-13H,6-10H2,1-5H3,(H,17,21)(H,19,20). The largest absolute Gasteiger partial charge is 0.481 e. The van der Waals surface area contributed by atoms with Gasteiger partial charge in [0.15, 0.2) is 0 Å². The molecule has 0 aromatic carbocycles. The van der Waals surface area contributed by atoms with E-state index in [1.807, 2.05) is 4.90 Å². The van der Waals surface area contributed by atoms with E-state index in [0.29, 0.717) is 12.3 Å². The number of piperidine rings is 1. The predicted molar refractivity (Wildman–Crippen MR) is 83.2 cm³/mol. The van der Waals surface area contributed by atoms with Crippen LogP contribution in [0.1, 0.15) is 60.3 Å². The second-order valence-corrected chi connectivity index (χ2v) is 7.68. The third kappa shape index (κ3) is 6.36. The second kappa shape index (κ2) is 7.14. The van der Waals surface area contributed by atoms with Crippen LogP contribution in [0.3, 0.4) is 0 Å². The first-order valence-corrected chi connectivity index (χ1v) is 7.87. The molecule has 1 heterocycles. The van der Waals surface area contributed by atoms with E-state index in [9.17, 15) is 9.59 Å². The van der Waals surface area contributed by atoms with Crippen molar-refractivity contribution in [1.82, 2.24) is 10.2 Å². The van der Waals surface area contributed by atoms with Crippen molar-refractivity contribution in [3.05, 3.63) is 0 Å². The van der Waals surface area contributed by atoms with E-state index in [0.717, 1.165) is 19.4 Å². The summed E-state index contributed by atoms with van der Waals surface area (Å²) in [5.74, 6) is -0.224. The smallest absolute Gasteiger partial charge is 0.317 e. The Morgan fingerprint density at radius 2 is 1.95 bits per heavy atom. The molecule has 21 heavy (non-hydrogen) atoms. The lowest BCUT2D eigenvalue weighted by molar-refractivity contribution is -0.137. The molecular formula is C16H30N2O3. The molecule has 3 unspecified atom stereocenters. The minimum Gasteiger partial charge on any atom is -0.481 e. The summed E-state index contributed by atoms with van der Waals surface area (Å²) < 4.78 is 0. The molecule has 0 spiro atoms. The molecule has 1 aliphatic rings. The minimum atomic E-state index is -0.870. The number of nitrogens with one attached hydrogen (secondary N) is 1. The molecule has 2 amide bonds. The molecule has 3 atom stereocenters. The van der Waals surface area contributed by atoms with Gasteiger partial charge in [0.05, 0.1) is 6.42 Å². The average molecular weight is 298 g/mol. The summed E-state index contributed by atoms with van der Waals surface area (Å²) in [4.78, 5) is 25.3. The van der Waals surface area contributed by atoms with Crippen LogP contribution in [0.4, 0.5) is 4.79 Å². The molecule has 122 valence electrons. The highest BCUT2D eigenvalue weighted by molar-refractivity contribution is 5.76. The SMILES string of the molecule is CC1CCN(C(=O)NC(CC(=O)O)CC(C)(C)C)C(C)C1. The van der Waals surface area contributed by atoms with Crippen LogP contribution in [0.25, 0.3) is 0 Å². The molecule has 1 aliphatic heterocycles. The highest BCUT2D eigenvalue weighted by atomic mass is 16.4. The minimum absolute atomic E-state index is 0.0184. The first-order valence-electron chi connectivity index (χ1n) is 7.87. The predicted octanol–water partition coefficient (Wildman–Crippen LogP) is 3.10. The summed E-state index contributed by atoms with van der Waals surface area (Å²) in [6, 6.07) is -0.222. The fourth-order valence-corrected chi connectivity index (χ4v) is 3.09. The molecule has 0 aromatic rings. The van der Waals surface area contributed by atoms with Gasteiger partial charge in [-0.25, -0.2) is 4.79 Å². The van der Waals surface area contributed by atoms with Crippen LogP contribution < -0.4 is 5.32 Å². The van der Waals surface area contributed by atoms with E-state index in [1.165, 1.54) is 0 Å².